The smallest absolute Gasteiger partial charge is 0.191 e. The molecular weight excluding hydrogens is 361 g/mol. The van der Waals surface area contributed by atoms with Crippen LogP contribution in [0.3, 0.4) is 0 Å². The van der Waals surface area contributed by atoms with Gasteiger partial charge in [0.05, 0.1) is 0 Å². The van der Waals surface area contributed by atoms with Crippen LogP contribution in [0.4, 0.5) is 0 Å². The van der Waals surface area contributed by atoms with E-state index in [0.29, 0.717) is 6.04 Å². The maximum Gasteiger partial charge on any atom is 0.191 e. The van der Waals surface area contributed by atoms with Gasteiger partial charge in [0.2, 0.25) is 0 Å². The molecule has 1 aliphatic rings. The molecule has 1 fully saturated rings. The van der Waals surface area contributed by atoms with Crippen molar-refractivity contribution < 1.29 is 0 Å². The van der Waals surface area contributed by atoms with E-state index in [4.69, 9.17) is 0 Å². The monoisotopic (exact) mass is 387 g/mol. The molecule has 0 heterocycles. The number of hydrogen-bond donors (Lipinski definition) is 2. The molecular formula is C16H26IN3. The predicted molar refractivity (Wildman–Crippen MR) is 96.8 cm³/mol. The van der Waals surface area contributed by atoms with E-state index >= 15 is 0 Å². The zero-order valence-electron chi connectivity index (χ0n) is 12.5. The van der Waals surface area contributed by atoms with E-state index in [-0.39, 0.29) is 24.0 Å². The third kappa shape index (κ3) is 5.69. The Morgan fingerprint density at radius 2 is 2.00 bits per heavy atom. The van der Waals surface area contributed by atoms with Crippen LogP contribution < -0.4 is 10.6 Å². The molecule has 4 heteroatoms. The van der Waals surface area contributed by atoms with Crippen molar-refractivity contribution in [2.45, 2.75) is 51.6 Å². The topological polar surface area (TPSA) is 36.4 Å². The van der Waals surface area contributed by atoms with Crippen LogP contribution in [-0.4, -0.2) is 19.0 Å². The molecule has 0 radical (unpaired) electrons. The summed E-state index contributed by atoms with van der Waals surface area (Å²) in [5.41, 5.74) is 2.60. The van der Waals surface area contributed by atoms with Gasteiger partial charge in [0.1, 0.15) is 0 Å². The third-order valence-electron chi connectivity index (χ3n) is 3.71. The van der Waals surface area contributed by atoms with E-state index in [1.54, 1.807) is 0 Å². The summed E-state index contributed by atoms with van der Waals surface area (Å²) in [4.78, 5) is 4.31. The molecule has 0 unspecified atom stereocenters. The summed E-state index contributed by atoms with van der Waals surface area (Å²) in [6.07, 6.45) is 6.60. The van der Waals surface area contributed by atoms with Gasteiger partial charge in [-0.1, -0.05) is 49.1 Å². The Balaban J connectivity index is 0.00000200. The first-order chi connectivity index (χ1) is 9.28. The summed E-state index contributed by atoms with van der Waals surface area (Å²) in [5.74, 6) is 0.924. The number of guanidine groups is 1. The minimum atomic E-state index is 0. The quantitative estimate of drug-likeness (QED) is 0.472. The highest BCUT2D eigenvalue weighted by Gasteiger charge is 2.14. The van der Waals surface area contributed by atoms with Crippen molar-refractivity contribution >= 4 is 29.9 Å². The summed E-state index contributed by atoms with van der Waals surface area (Å²) in [6.45, 7) is 2.95. The number of aryl methyl sites for hydroxylation is 1. The molecule has 0 bridgehead atoms. The molecule has 112 valence electrons. The number of nitrogens with zero attached hydrogens (tertiary/aromatic N) is 1. The number of rotatable bonds is 3. The van der Waals surface area contributed by atoms with Gasteiger partial charge in [0.25, 0.3) is 0 Å². The number of nitrogens with one attached hydrogen (secondary N) is 2. The van der Waals surface area contributed by atoms with Crippen molar-refractivity contribution in [2.24, 2.45) is 4.99 Å². The van der Waals surface area contributed by atoms with Crippen molar-refractivity contribution in [3.05, 3.63) is 35.4 Å². The number of halogens is 1. The number of benzene rings is 1. The Hall–Kier alpha value is -0.780. The van der Waals surface area contributed by atoms with Gasteiger partial charge >= 0.3 is 0 Å². The van der Waals surface area contributed by atoms with Gasteiger partial charge in [-0.05, 0) is 25.3 Å². The maximum absolute atomic E-state index is 4.31. The average Bonchev–Trinajstić information content (AvgIpc) is 2.44. The van der Waals surface area contributed by atoms with Gasteiger partial charge in [-0.2, -0.15) is 0 Å². The van der Waals surface area contributed by atoms with Crippen molar-refractivity contribution in [1.82, 2.24) is 10.6 Å². The van der Waals surface area contributed by atoms with Crippen LogP contribution in [0.5, 0.6) is 0 Å². The Bertz CT molecular complexity index is 425. The van der Waals surface area contributed by atoms with Crippen LogP contribution >= 0.6 is 24.0 Å². The first-order valence-electron chi connectivity index (χ1n) is 7.30. The average molecular weight is 387 g/mol. The van der Waals surface area contributed by atoms with Gasteiger partial charge in [0.15, 0.2) is 5.96 Å². The van der Waals surface area contributed by atoms with Gasteiger partial charge in [-0.15, -0.1) is 24.0 Å². The second-order valence-corrected chi connectivity index (χ2v) is 5.39. The summed E-state index contributed by atoms with van der Waals surface area (Å²) in [5, 5.41) is 6.93. The van der Waals surface area contributed by atoms with Gasteiger partial charge in [0, 0.05) is 19.6 Å². The van der Waals surface area contributed by atoms with Crippen LogP contribution in [-0.2, 0) is 6.54 Å². The molecule has 0 amide bonds. The zero-order valence-corrected chi connectivity index (χ0v) is 14.8. The summed E-state index contributed by atoms with van der Waals surface area (Å²) in [7, 11) is 1.84. The molecule has 0 aromatic heterocycles. The molecule has 20 heavy (non-hydrogen) atoms. The van der Waals surface area contributed by atoms with E-state index in [2.05, 4.69) is 46.8 Å². The summed E-state index contributed by atoms with van der Waals surface area (Å²) < 4.78 is 0. The lowest BCUT2D eigenvalue weighted by Crippen LogP contribution is -2.43. The second-order valence-electron chi connectivity index (χ2n) is 5.39. The van der Waals surface area contributed by atoms with E-state index in [1.807, 2.05) is 7.05 Å². The molecule has 0 atom stereocenters. The lowest BCUT2D eigenvalue weighted by atomic mass is 9.96. The minimum Gasteiger partial charge on any atom is -0.354 e. The molecule has 1 aromatic rings. The van der Waals surface area contributed by atoms with E-state index < -0.39 is 0 Å². The Morgan fingerprint density at radius 3 is 2.65 bits per heavy atom. The van der Waals surface area contributed by atoms with Crippen LogP contribution in [0.1, 0.15) is 43.2 Å². The van der Waals surface area contributed by atoms with Crippen molar-refractivity contribution in [1.29, 1.82) is 0 Å². The molecule has 2 rings (SSSR count). The summed E-state index contributed by atoms with van der Waals surface area (Å²) >= 11 is 0. The van der Waals surface area contributed by atoms with E-state index in [1.165, 1.54) is 43.2 Å². The van der Waals surface area contributed by atoms with E-state index in [0.717, 1.165) is 12.5 Å². The van der Waals surface area contributed by atoms with Crippen LogP contribution in [0.25, 0.3) is 0 Å². The second kappa shape index (κ2) is 9.21. The molecule has 0 saturated heterocycles. The summed E-state index contributed by atoms with van der Waals surface area (Å²) in [6, 6.07) is 9.18. The lowest BCUT2D eigenvalue weighted by molar-refractivity contribution is 0.410. The zero-order chi connectivity index (χ0) is 13.5. The fourth-order valence-corrected chi connectivity index (χ4v) is 2.64. The highest BCUT2D eigenvalue weighted by atomic mass is 127. The molecule has 1 saturated carbocycles. The first kappa shape index (κ1) is 17.3. The predicted octanol–water partition coefficient (Wildman–Crippen LogP) is 3.61. The van der Waals surface area contributed by atoms with Crippen molar-refractivity contribution in [3.8, 4) is 0 Å². The van der Waals surface area contributed by atoms with Gasteiger partial charge < -0.3 is 10.6 Å². The lowest BCUT2D eigenvalue weighted by Gasteiger charge is -2.24. The minimum absolute atomic E-state index is 0. The molecule has 1 aliphatic carbocycles. The van der Waals surface area contributed by atoms with Crippen LogP contribution in [0.2, 0.25) is 0 Å². The fraction of sp³-hybridized carbons (Fsp3) is 0.562. The first-order valence-corrected chi connectivity index (χ1v) is 7.30. The fourth-order valence-electron chi connectivity index (χ4n) is 2.64. The third-order valence-corrected chi connectivity index (χ3v) is 3.71. The van der Waals surface area contributed by atoms with Crippen molar-refractivity contribution in [2.75, 3.05) is 7.05 Å². The Morgan fingerprint density at radius 1 is 1.25 bits per heavy atom. The standard InChI is InChI=1S/C16H25N3.HI/c1-13-7-6-8-14(11-13)12-18-16(17-2)19-15-9-4-3-5-10-15;/h6-8,11,15H,3-5,9-10,12H2,1-2H3,(H2,17,18,19);1H. The largest absolute Gasteiger partial charge is 0.354 e. The molecule has 3 nitrogen and oxygen atoms in total. The molecule has 2 N–H and O–H groups in total. The van der Waals surface area contributed by atoms with Crippen LogP contribution in [0.15, 0.2) is 29.3 Å². The highest BCUT2D eigenvalue weighted by Crippen LogP contribution is 2.17. The van der Waals surface area contributed by atoms with Gasteiger partial charge in [-0.25, -0.2) is 0 Å². The van der Waals surface area contributed by atoms with Gasteiger partial charge in [-0.3, -0.25) is 4.99 Å². The maximum atomic E-state index is 4.31. The normalized spacial score (nSPS) is 16.4. The number of aliphatic imine (C=N–C) groups is 1. The molecule has 0 aliphatic heterocycles. The SMILES string of the molecule is CN=C(NCc1cccc(C)c1)NC1CCCCC1.I. The van der Waals surface area contributed by atoms with Crippen molar-refractivity contribution in [3.63, 3.8) is 0 Å². The van der Waals surface area contributed by atoms with E-state index in [9.17, 15) is 0 Å². The Labute approximate surface area is 139 Å². The Kier molecular flexibility index (Phi) is 7.95. The molecule has 1 aromatic carbocycles. The number of hydrogen-bond acceptors (Lipinski definition) is 1. The highest BCUT2D eigenvalue weighted by molar-refractivity contribution is 14.0. The molecule has 0 spiro atoms. The van der Waals surface area contributed by atoms with Crippen LogP contribution in [0, 0.1) is 6.92 Å².